The highest BCUT2D eigenvalue weighted by Gasteiger charge is 2.25. The molecule has 3 rings (SSSR count). The van der Waals surface area contributed by atoms with E-state index in [1.807, 2.05) is 11.0 Å². The molecule has 2 aromatic rings. The van der Waals surface area contributed by atoms with Crippen LogP contribution in [0.3, 0.4) is 0 Å². The van der Waals surface area contributed by atoms with Gasteiger partial charge in [-0.1, -0.05) is 6.07 Å². The summed E-state index contributed by atoms with van der Waals surface area (Å²) in [6.45, 7) is 1.93. The van der Waals surface area contributed by atoms with Gasteiger partial charge in [-0.05, 0) is 30.3 Å². The summed E-state index contributed by atoms with van der Waals surface area (Å²) in [6.07, 6.45) is 1.56. The Hall–Kier alpha value is -3.40. The lowest BCUT2D eigenvalue weighted by molar-refractivity contribution is 0.0692. The molecule has 1 fully saturated rings. The first-order valence-electron chi connectivity index (χ1n) is 7.83. The van der Waals surface area contributed by atoms with Crippen molar-refractivity contribution in [3.05, 3.63) is 59.3 Å². The number of carbonyl (C=O) groups is 2. The summed E-state index contributed by atoms with van der Waals surface area (Å²) in [5.74, 6) is -0.722. The second-order valence-corrected chi connectivity index (χ2v) is 5.65. The zero-order chi connectivity index (χ0) is 17.8. The number of piperazine rings is 1. The molecule has 0 spiro atoms. The van der Waals surface area contributed by atoms with Crippen molar-refractivity contribution in [2.75, 3.05) is 31.1 Å². The van der Waals surface area contributed by atoms with Crippen molar-refractivity contribution in [1.82, 2.24) is 9.88 Å². The predicted molar refractivity (Wildman–Crippen MR) is 90.5 cm³/mol. The van der Waals surface area contributed by atoms with E-state index in [-0.39, 0.29) is 11.5 Å². The number of benzene rings is 1. The second-order valence-electron chi connectivity index (χ2n) is 5.65. The largest absolute Gasteiger partial charge is 0.478 e. The van der Waals surface area contributed by atoms with Gasteiger partial charge < -0.3 is 14.9 Å². The quantitative estimate of drug-likeness (QED) is 0.914. The summed E-state index contributed by atoms with van der Waals surface area (Å²) in [5.41, 5.74) is 1.09. The maximum atomic E-state index is 12.6. The Kier molecular flexibility index (Phi) is 4.61. The Labute approximate surface area is 144 Å². The van der Waals surface area contributed by atoms with Crippen LogP contribution in [0.25, 0.3) is 0 Å². The number of carbonyl (C=O) groups excluding carboxylic acids is 1. The maximum Gasteiger partial charge on any atom is 0.339 e. The minimum Gasteiger partial charge on any atom is -0.478 e. The molecule has 7 heteroatoms. The normalized spacial score (nSPS) is 14.0. The zero-order valence-corrected chi connectivity index (χ0v) is 13.4. The zero-order valence-electron chi connectivity index (χ0n) is 13.4. The molecule has 2 heterocycles. The van der Waals surface area contributed by atoms with Crippen molar-refractivity contribution in [3.8, 4) is 6.07 Å². The molecule has 1 aliphatic heterocycles. The summed E-state index contributed by atoms with van der Waals surface area (Å²) in [5, 5.41) is 18.2. The van der Waals surface area contributed by atoms with Gasteiger partial charge in [0.1, 0.15) is 11.4 Å². The summed E-state index contributed by atoms with van der Waals surface area (Å²) in [6, 6.07) is 11.8. The number of aromatic nitrogens is 1. The molecular weight excluding hydrogens is 320 g/mol. The molecule has 1 N–H and O–H groups in total. The number of rotatable bonds is 3. The third kappa shape index (κ3) is 3.43. The number of anilines is 1. The molecule has 1 saturated heterocycles. The van der Waals surface area contributed by atoms with Gasteiger partial charge in [-0.15, -0.1) is 0 Å². The highest BCUT2D eigenvalue weighted by molar-refractivity contribution is 5.95. The smallest absolute Gasteiger partial charge is 0.339 e. The average molecular weight is 336 g/mol. The van der Waals surface area contributed by atoms with Gasteiger partial charge in [-0.25, -0.2) is 9.78 Å². The third-order valence-electron chi connectivity index (χ3n) is 4.12. The van der Waals surface area contributed by atoms with E-state index in [0.29, 0.717) is 43.1 Å². The van der Waals surface area contributed by atoms with Crippen molar-refractivity contribution in [3.63, 3.8) is 0 Å². The first-order chi connectivity index (χ1) is 12.1. The third-order valence-corrected chi connectivity index (χ3v) is 4.12. The van der Waals surface area contributed by atoms with Crippen LogP contribution in [-0.2, 0) is 0 Å². The number of amides is 1. The molecule has 0 saturated carbocycles. The lowest BCUT2D eigenvalue weighted by Gasteiger charge is -2.35. The van der Waals surface area contributed by atoms with Gasteiger partial charge in [0.05, 0.1) is 11.6 Å². The summed E-state index contributed by atoms with van der Waals surface area (Å²) in [4.78, 5) is 31.7. The molecule has 1 aromatic heterocycles. The van der Waals surface area contributed by atoms with Gasteiger partial charge in [0.25, 0.3) is 5.91 Å². The van der Waals surface area contributed by atoms with Crippen LogP contribution in [0, 0.1) is 11.3 Å². The van der Waals surface area contributed by atoms with Gasteiger partial charge in [0.15, 0.2) is 0 Å². The molecule has 1 aromatic carbocycles. The first-order valence-corrected chi connectivity index (χ1v) is 7.83. The van der Waals surface area contributed by atoms with Crippen LogP contribution in [-0.4, -0.2) is 53.0 Å². The molecular formula is C18H16N4O3. The van der Waals surface area contributed by atoms with Gasteiger partial charge in [-0.3, -0.25) is 4.79 Å². The van der Waals surface area contributed by atoms with E-state index < -0.39 is 5.97 Å². The van der Waals surface area contributed by atoms with Crippen LogP contribution in [0.5, 0.6) is 0 Å². The van der Waals surface area contributed by atoms with Crippen molar-refractivity contribution < 1.29 is 14.7 Å². The van der Waals surface area contributed by atoms with Crippen LogP contribution < -0.4 is 4.90 Å². The van der Waals surface area contributed by atoms with E-state index in [1.54, 1.807) is 41.4 Å². The molecule has 1 aliphatic rings. The van der Waals surface area contributed by atoms with Crippen LogP contribution in [0.2, 0.25) is 0 Å². The van der Waals surface area contributed by atoms with Gasteiger partial charge >= 0.3 is 5.97 Å². The second kappa shape index (κ2) is 7.01. The highest BCUT2D eigenvalue weighted by Crippen LogP contribution is 2.20. The van der Waals surface area contributed by atoms with E-state index >= 15 is 0 Å². The Balaban J connectivity index is 1.71. The fourth-order valence-electron chi connectivity index (χ4n) is 2.84. The molecule has 0 unspecified atom stereocenters. The van der Waals surface area contributed by atoms with Crippen LogP contribution >= 0.6 is 0 Å². The van der Waals surface area contributed by atoms with Crippen LogP contribution in [0.1, 0.15) is 26.3 Å². The molecule has 0 aliphatic carbocycles. The van der Waals surface area contributed by atoms with Crippen molar-refractivity contribution in [1.29, 1.82) is 5.26 Å². The highest BCUT2D eigenvalue weighted by atomic mass is 16.4. The van der Waals surface area contributed by atoms with Gasteiger partial charge in [0, 0.05) is 37.9 Å². The average Bonchev–Trinajstić information content (AvgIpc) is 2.67. The minimum absolute atomic E-state index is 0.128. The molecule has 7 nitrogen and oxygen atoms in total. The van der Waals surface area contributed by atoms with Crippen LogP contribution in [0.4, 0.5) is 5.82 Å². The molecule has 0 bridgehead atoms. The number of hydrogen-bond donors (Lipinski definition) is 1. The Morgan fingerprint density at radius 2 is 1.88 bits per heavy atom. The first kappa shape index (κ1) is 16.5. The lowest BCUT2D eigenvalue weighted by Crippen LogP contribution is -2.49. The number of aromatic carboxylic acids is 1. The van der Waals surface area contributed by atoms with Gasteiger partial charge in [0.2, 0.25) is 0 Å². The van der Waals surface area contributed by atoms with E-state index in [4.69, 9.17) is 5.26 Å². The van der Waals surface area contributed by atoms with E-state index in [9.17, 15) is 14.7 Å². The molecule has 0 radical (unpaired) electrons. The van der Waals surface area contributed by atoms with Crippen molar-refractivity contribution in [2.24, 2.45) is 0 Å². The molecule has 25 heavy (non-hydrogen) atoms. The number of hydrogen-bond acceptors (Lipinski definition) is 5. The van der Waals surface area contributed by atoms with Crippen molar-refractivity contribution in [2.45, 2.75) is 0 Å². The predicted octanol–water partition coefficient (Wildman–Crippen LogP) is 1.61. The monoisotopic (exact) mass is 336 g/mol. The summed E-state index contributed by atoms with van der Waals surface area (Å²) >= 11 is 0. The number of carboxylic acids is 1. The van der Waals surface area contributed by atoms with E-state index in [2.05, 4.69) is 4.98 Å². The Bertz CT molecular complexity index is 851. The van der Waals surface area contributed by atoms with Crippen LogP contribution in [0.15, 0.2) is 42.6 Å². The summed E-state index contributed by atoms with van der Waals surface area (Å²) < 4.78 is 0. The number of pyridine rings is 1. The Morgan fingerprint density at radius 1 is 1.12 bits per heavy atom. The van der Waals surface area contributed by atoms with E-state index in [1.165, 1.54) is 6.07 Å². The fourth-order valence-corrected chi connectivity index (χ4v) is 2.84. The number of nitrogens with zero attached hydrogens (tertiary/aromatic N) is 4. The number of carboxylic acid groups (broad SMARTS) is 1. The Morgan fingerprint density at radius 3 is 2.56 bits per heavy atom. The lowest BCUT2D eigenvalue weighted by atomic mass is 10.1. The van der Waals surface area contributed by atoms with Gasteiger partial charge in [-0.2, -0.15) is 5.26 Å². The number of nitriles is 1. The standard InChI is InChI=1S/C18H16N4O3/c19-12-13-3-1-4-14(11-13)17(23)22-9-7-21(8-10-22)16-15(18(24)25)5-2-6-20-16/h1-6,11H,7-10H2,(H,24,25). The summed E-state index contributed by atoms with van der Waals surface area (Å²) in [7, 11) is 0. The van der Waals surface area contributed by atoms with Crippen molar-refractivity contribution >= 4 is 17.7 Å². The molecule has 126 valence electrons. The fraction of sp³-hybridized carbons (Fsp3) is 0.222. The minimum atomic E-state index is -1.02. The van der Waals surface area contributed by atoms with E-state index in [0.717, 1.165) is 0 Å². The maximum absolute atomic E-state index is 12.6. The molecule has 1 amide bonds. The SMILES string of the molecule is N#Cc1cccc(C(=O)N2CCN(c3ncccc3C(=O)O)CC2)c1. The topological polar surface area (TPSA) is 97.5 Å². The molecule has 0 atom stereocenters.